The summed E-state index contributed by atoms with van der Waals surface area (Å²) in [6.07, 6.45) is 4.21. The number of rotatable bonds is 16. The zero-order chi connectivity index (χ0) is 48.4. The van der Waals surface area contributed by atoms with Crippen LogP contribution in [0.5, 0.6) is 0 Å². The van der Waals surface area contributed by atoms with Crippen LogP contribution in [0.1, 0.15) is 84.0 Å². The Bertz CT molecular complexity index is 3100. The van der Waals surface area contributed by atoms with Gasteiger partial charge in [-0.25, -0.2) is 24.8 Å². The highest BCUT2D eigenvalue weighted by atomic mass is 32.2. The van der Waals surface area contributed by atoms with E-state index in [0.29, 0.717) is 35.3 Å². The molecule has 0 aliphatic carbocycles. The Morgan fingerprint density at radius 2 is 0.814 bits per heavy atom. The molecular formula is C59H62N4O5S2. The maximum Gasteiger partial charge on any atom is 0.268 e. The van der Waals surface area contributed by atoms with Crippen molar-refractivity contribution in [3.05, 3.63) is 203 Å². The number of carbonyl (C=O) groups is 1. The molecule has 2 fully saturated rings. The molecule has 6 aromatic carbocycles. The van der Waals surface area contributed by atoms with Crippen molar-refractivity contribution in [3.63, 3.8) is 0 Å². The third kappa shape index (κ3) is 9.95. The van der Waals surface area contributed by atoms with Gasteiger partial charge in [0, 0.05) is 35.2 Å². The number of piperidine rings is 2. The van der Waals surface area contributed by atoms with E-state index in [-0.39, 0.29) is 27.4 Å². The van der Waals surface area contributed by atoms with E-state index in [1.807, 2.05) is 74.5 Å². The molecule has 0 saturated carbocycles. The number of likely N-dealkylation sites (tertiary alicyclic amines) is 2. The summed E-state index contributed by atoms with van der Waals surface area (Å²) in [5.74, 6) is -1.69. The summed E-state index contributed by atoms with van der Waals surface area (Å²) in [6.45, 7) is 8.96. The fourth-order valence-corrected chi connectivity index (χ4v) is 14.3. The largest absolute Gasteiger partial charge is 0.299 e. The van der Waals surface area contributed by atoms with Gasteiger partial charge >= 0.3 is 0 Å². The predicted octanol–water partition coefficient (Wildman–Crippen LogP) is 11.7. The zero-order valence-electron chi connectivity index (χ0n) is 40.1. The smallest absolute Gasteiger partial charge is 0.268 e. The molecule has 4 heterocycles. The summed E-state index contributed by atoms with van der Waals surface area (Å²) < 4.78 is 63.9. The SMILES string of the molecule is Cc1ccc2cc(C(CC3CCN(Cc4ccccc4)CC3)C(=O)C(CC3CCN(Cc4ccccc4)CC3)c3cc4ccc(C)cc4n3S(=O)(=O)c3ccccc3)n(S(=O)(=O)c3ccccc3)c2c1. The van der Waals surface area contributed by atoms with E-state index in [1.165, 1.54) is 19.1 Å². The van der Waals surface area contributed by atoms with Crippen molar-refractivity contribution in [2.24, 2.45) is 11.8 Å². The second-order valence-corrected chi connectivity index (χ2v) is 23.4. The third-order valence-corrected chi connectivity index (χ3v) is 18.4. The van der Waals surface area contributed by atoms with E-state index in [1.54, 1.807) is 60.7 Å². The number of carbonyl (C=O) groups excluding carboxylic acids is 1. The average molecular weight is 971 g/mol. The lowest BCUT2D eigenvalue weighted by atomic mass is 9.76. The van der Waals surface area contributed by atoms with Crippen LogP contribution in [0, 0.1) is 25.7 Å². The first-order chi connectivity index (χ1) is 33.9. The quantitative estimate of drug-likeness (QED) is 0.0950. The third-order valence-electron chi connectivity index (χ3n) is 14.9. The van der Waals surface area contributed by atoms with Gasteiger partial charge in [0.25, 0.3) is 20.0 Å². The normalized spacial score (nSPS) is 16.7. The Kier molecular flexibility index (Phi) is 13.8. The van der Waals surface area contributed by atoms with Crippen molar-refractivity contribution >= 4 is 47.6 Å². The van der Waals surface area contributed by atoms with Crippen LogP contribution in [-0.2, 0) is 37.9 Å². The average Bonchev–Trinajstić information content (AvgIpc) is 3.96. The molecule has 2 unspecified atom stereocenters. The number of aromatic nitrogens is 2. The molecule has 10 rings (SSSR count). The highest BCUT2D eigenvalue weighted by Crippen LogP contribution is 2.44. The summed E-state index contributed by atoms with van der Waals surface area (Å²) in [5, 5.41) is 1.46. The molecule has 360 valence electrons. The minimum atomic E-state index is -4.23. The number of hydrogen-bond acceptors (Lipinski definition) is 7. The summed E-state index contributed by atoms with van der Waals surface area (Å²) in [7, 11) is -8.45. The highest BCUT2D eigenvalue weighted by molar-refractivity contribution is 7.90. The molecule has 9 nitrogen and oxygen atoms in total. The lowest BCUT2D eigenvalue weighted by molar-refractivity contribution is -0.123. The van der Waals surface area contributed by atoms with Gasteiger partial charge in [0.05, 0.1) is 32.7 Å². The van der Waals surface area contributed by atoms with Crippen molar-refractivity contribution in [3.8, 4) is 0 Å². The van der Waals surface area contributed by atoms with Gasteiger partial charge < -0.3 is 0 Å². The predicted molar refractivity (Wildman–Crippen MR) is 280 cm³/mol. The fraction of sp³-hybridized carbons (Fsp3) is 0.305. The van der Waals surface area contributed by atoms with E-state index in [2.05, 4.69) is 58.3 Å². The Morgan fingerprint density at radius 3 is 1.17 bits per heavy atom. The van der Waals surface area contributed by atoms with Gasteiger partial charge in [-0.2, -0.15) is 0 Å². The minimum absolute atomic E-state index is 0.108. The summed E-state index contributed by atoms with van der Waals surface area (Å²) >= 11 is 0. The zero-order valence-corrected chi connectivity index (χ0v) is 41.7. The van der Waals surface area contributed by atoms with Crippen molar-refractivity contribution < 1.29 is 21.6 Å². The monoisotopic (exact) mass is 970 g/mol. The maximum absolute atomic E-state index is 16.7. The second-order valence-electron chi connectivity index (χ2n) is 19.8. The van der Waals surface area contributed by atoms with Crippen LogP contribution in [0.25, 0.3) is 21.8 Å². The standard InChI is InChI=1S/C59H62N4O5S2/c1-43-23-25-49-39-57(62(55(49)35-43)69(65,66)51-19-11-5-12-20-51)53(37-45-27-31-60(32-28-45)41-47-15-7-3-8-16-47)59(64)54(38-46-29-33-61(34-30-46)42-48-17-9-4-10-18-48)58-40-50-26-24-44(2)36-56(50)63(58)70(67,68)52-21-13-6-14-22-52/h3-26,35-36,39-40,45-46,53-54H,27-34,37-38,41-42H2,1-2H3. The van der Waals surface area contributed by atoms with Crippen LogP contribution in [0.2, 0.25) is 0 Å². The fourth-order valence-electron chi connectivity index (χ4n) is 11.2. The van der Waals surface area contributed by atoms with Crippen molar-refractivity contribution in [2.75, 3.05) is 26.2 Å². The number of benzene rings is 6. The number of hydrogen-bond donors (Lipinski definition) is 0. The van der Waals surface area contributed by atoms with Gasteiger partial charge in [-0.15, -0.1) is 0 Å². The van der Waals surface area contributed by atoms with E-state index < -0.39 is 31.9 Å². The van der Waals surface area contributed by atoms with E-state index in [9.17, 15) is 0 Å². The molecule has 2 atom stereocenters. The summed E-state index contributed by atoms with van der Waals surface area (Å²) in [4.78, 5) is 21.9. The van der Waals surface area contributed by atoms with Gasteiger partial charge in [0.15, 0.2) is 5.78 Å². The number of aryl methyl sites for hydroxylation is 2. The number of ketones is 1. The first-order valence-electron chi connectivity index (χ1n) is 24.8. The molecule has 0 N–H and O–H groups in total. The number of fused-ring (bicyclic) bond motifs is 2. The number of nitrogens with zero attached hydrogens (tertiary/aromatic N) is 4. The van der Waals surface area contributed by atoms with Gasteiger partial charge in [0.2, 0.25) is 0 Å². The number of Topliss-reactive ketones (excluding diaryl/α,β-unsaturated/α-hetero) is 1. The Labute approximate surface area is 413 Å². The van der Waals surface area contributed by atoms with E-state index in [0.717, 1.165) is 86.9 Å². The molecule has 70 heavy (non-hydrogen) atoms. The van der Waals surface area contributed by atoms with Crippen LogP contribution in [0.3, 0.4) is 0 Å². The summed E-state index contributed by atoms with van der Waals surface area (Å²) in [6, 6.07) is 53.4. The van der Waals surface area contributed by atoms with Crippen LogP contribution in [0.15, 0.2) is 180 Å². The topological polar surface area (TPSA) is 102 Å². The van der Waals surface area contributed by atoms with Gasteiger partial charge in [-0.05, 0) is 161 Å². The minimum Gasteiger partial charge on any atom is -0.299 e. The molecule has 0 bridgehead atoms. The van der Waals surface area contributed by atoms with Crippen LogP contribution in [0.4, 0.5) is 0 Å². The molecule has 8 aromatic rings. The van der Waals surface area contributed by atoms with Crippen molar-refractivity contribution in [1.82, 2.24) is 17.7 Å². The molecular weight excluding hydrogens is 909 g/mol. The molecule has 0 spiro atoms. The molecule has 11 heteroatoms. The molecule has 2 aliphatic rings. The van der Waals surface area contributed by atoms with Gasteiger partial charge in [-0.1, -0.05) is 121 Å². The Balaban J connectivity index is 1.11. The van der Waals surface area contributed by atoms with Crippen LogP contribution >= 0.6 is 0 Å². The molecule has 2 aromatic heterocycles. The van der Waals surface area contributed by atoms with Crippen molar-refractivity contribution in [1.29, 1.82) is 0 Å². The molecule has 0 radical (unpaired) electrons. The Hall–Kier alpha value is -6.11. The lowest BCUT2D eigenvalue weighted by Gasteiger charge is -2.36. The highest BCUT2D eigenvalue weighted by Gasteiger charge is 2.41. The van der Waals surface area contributed by atoms with Gasteiger partial charge in [0.1, 0.15) is 0 Å². The molecule has 2 aliphatic heterocycles. The molecule has 0 amide bonds. The van der Waals surface area contributed by atoms with Crippen LogP contribution < -0.4 is 0 Å². The lowest BCUT2D eigenvalue weighted by Crippen LogP contribution is -2.36. The van der Waals surface area contributed by atoms with Crippen molar-refractivity contribution in [2.45, 2.75) is 87.1 Å². The second kappa shape index (κ2) is 20.3. The summed E-state index contributed by atoms with van der Waals surface area (Å²) in [5.41, 5.74) is 6.20. The van der Waals surface area contributed by atoms with E-state index in [4.69, 9.17) is 0 Å². The first-order valence-corrected chi connectivity index (χ1v) is 27.7. The molecule has 2 saturated heterocycles. The van der Waals surface area contributed by atoms with E-state index >= 15 is 21.6 Å². The Morgan fingerprint density at radius 1 is 0.471 bits per heavy atom. The maximum atomic E-state index is 16.7. The van der Waals surface area contributed by atoms with Crippen LogP contribution in [-0.4, -0.2) is 66.5 Å². The first kappa shape index (κ1) is 47.6. The van der Waals surface area contributed by atoms with Gasteiger partial charge in [-0.3, -0.25) is 14.6 Å².